The van der Waals surface area contributed by atoms with Gasteiger partial charge in [0.2, 0.25) is 0 Å². The van der Waals surface area contributed by atoms with E-state index in [0.717, 1.165) is 5.49 Å². The van der Waals surface area contributed by atoms with Crippen LogP contribution < -0.4 is 5.49 Å². The Kier molecular flexibility index (Phi) is 2.80. The topological polar surface area (TPSA) is 34.4 Å². The molecule has 1 rings (SSSR count). The van der Waals surface area contributed by atoms with Gasteiger partial charge in [-0.2, -0.15) is 0 Å². The smallest absolute Gasteiger partial charge is 0.161 e. The van der Waals surface area contributed by atoms with Gasteiger partial charge in [0.15, 0.2) is 5.78 Å². The number of hydrogen-bond donors (Lipinski definition) is 0. The second-order valence-corrected chi connectivity index (χ2v) is 2.65. The highest BCUT2D eigenvalue weighted by molar-refractivity contribution is 5.93. The maximum absolute atomic E-state index is 11.0. The number of carbonyl (C=O) groups is 1. The number of aromatic nitrogens is 1. The molecule has 0 saturated heterocycles. The van der Waals surface area contributed by atoms with Crippen LogP contribution in [-0.4, -0.2) is 17.4 Å². The van der Waals surface area contributed by atoms with Crippen LogP contribution in [0.3, 0.4) is 0 Å². The van der Waals surface area contributed by atoms with Crippen LogP contribution >= 0.6 is 0 Å². The highest BCUT2D eigenvalue weighted by Crippen LogP contribution is 1.96. The van der Waals surface area contributed by atoms with E-state index in [1.807, 2.05) is 0 Å². The summed E-state index contributed by atoms with van der Waals surface area (Å²) in [4.78, 5) is 15.1. The van der Waals surface area contributed by atoms with Gasteiger partial charge in [0.25, 0.3) is 0 Å². The minimum Gasteiger partial charge on any atom is -0.309 e. The lowest BCUT2D eigenvalue weighted by atomic mass is 10.2. The fourth-order valence-electron chi connectivity index (χ4n) is 1.05. The van der Waals surface area contributed by atoms with E-state index in [1.54, 1.807) is 36.1 Å². The lowest BCUT2D eigenvalue weighted by molar-refractivity contribution is 0.101. The molecule has 0 unspecified atom stereocenters. The van der Waals surface area contributed by atoms with Crippen molar-refractivity contribution in [1.82, 2.24) is 4.57 Å². The SMILES string of the molecule is C=Cn1cc(C(C)=O)ccc1=NC. The Hall–Kier alpha value is -1.64. The molecule has 3 heteroatoms. The van der Waals surface area contributed by atoms with Gasteiger partial charge < -0.3 is 4.57 Å². The van der Waals surface area contributed by atoms with E-state index in [-0.39, 0.29) is 5.78 Å². The Labute approximate surface area is 77.1 Å². The highest BCUT2D eigenvalue weighted by atomic mass is 16.1. The summed E-state index contributed by atoms with van der Waals surface area (Å²) in [7, 11) is 1.70. The molecule has 0 spiro atoms. The third-order valence-corrected chi connectivity index (χ3v) is 1.79. The molecule has 0 aliphatic rings. The predicted octanol–water partition coefficient (Wildman–Crippen LogP) is 1.32. The quantitative estimate of drug-likeness (QED) is 0.626. The van der Waals surface area contributed by atoms with Gasteiger partial charge in [-0.1, -0.05) is 6.58 Å². The molecule has 1 aromatic heterocycles. The summed E-state index contributed by atoms with van der Waals surface area (Å²) in [5, 5.41) is 0. The van der Waals surface area contributed by atoms with Crippen molar-refractivity contribution in [3.8, 4) is 0 Å². The van der Waals surface area contributed by atoms with E-state index in [4.69, 9.17) is 0 Å². The van der Waals surface area contributed by atoms with E-state index in [9.17, 15) is 4.79 Å². The van der Waals surface area contributed by atoms with E-state index in [2.05, 4.69) is 11.6 Å². The lowest BCUT2D eigenvalue weighted by Gasteiger charge is -2.02. The van der Waals surface area contributed by atoms with Crippen LogP contribution in [0.4, 0.5) is 0 Å². The average Bonchev–Trinajstić information content (AvgIpc) is 2.16. The van der Waals surface area contributed by atoms with Gasteiger partial charge in [0.05, 0.1) is 0 Å². The minimum absolute atomic E-state index is 0.0400. The Morgan fingerprint density at radius 2 is 2.31 bits per heavy atom. The Morgan fingerprint density at radius 1 is 1.62 bits per heavy atom. The van der Waals surface area contributed by atoms with Crippen LogP contribution in [0.2, 0.25) is 0 Å². The zero-order valence-corrected chi connectivity index (χ0v) is 7.82. The first-order valence-corrected chi connectivity index (χ1v) is 3.97. The summed E-state index contributed by atoms with van der Waals surface area (Å²) in [5.41, 5.74) is 1.44. The Morgan fingerprint density at radius 3 is 2.77 bits per heavy atom. The van der Waals surface area contributed by atoms with E-state index >= 15 is 0 Å². The van der Waals surface area contributed by atoms with Crippen molar-refractivity contribution in [2.24, 2.45) is 4.99 Å². The summed E-state index contributed by atoms with van der Waals surface area (Å²) >= 11 is 0. The molecule has 0 aliphatic heterocycles. The Balaban J connectivity index is 3.38. The molecular formula is C10H12N2O. The van der Waals surface area contributed by atoms with Gasteiger partial charge in [-0.15, -0.1) is 0 Å². The number of hydrogen-bond acceptors (Lipinski definition) is 2. The number of carbonyl (C=O) groups excluding carboxylic acids is 1. The van der Waals surface area contributed by atoms with Gasteiger partial charge >= 0.3 is 0 Å². The molecule has 0 radical (unpaired) electrons. The number of nitrogens with zero attached hydrogens (tertiary/aromatic N) is 2. The molecule has 0 aromatic carbocycles. The first kappa shape index (κ1) is 9.45. The fourth-order valence-corrected chi connectivity index (χ4v) is 1.05. The molecule has 3 nitrogen and oxygen atoms in total. The second-order valence-electron chi connectivity index (χ2n) is 2.65. The number of rotatable bonds is 2. The molecule has 0 amide bonds. The first-order valence-electron chi connectivity index (χ1n) is 3.97. The van der Waals surface area contributed by atoms with E-state index in [1.165, 1.54) is 6.92 Å². The maximum atomic E-state index is 11.0. The van der Waals surface area contributed by atoms with Crippen molar-refractivity contribution in [3.63, 3.8) is 0 Å². The second kappa shape index (κ2) is 3.85. The highest BCUT2D eigenvalue weighted by Gasteiger charge is 1.98. The molecule has 0 bridgehead atoms. The van der Waals surface area contributed by atoms with Crippen molar-refractivity contribution in [3.05, 3.63) is 36.0 Å². The zero-order valence-electron chi connectivity index (χ0n) is 7.82. The van der Waals surface area contributed by atoms with Crippen LogP contribution in [0, 0.1) is 0 Å². The monoisotopic (exact) mass is 176 g/mol. The van der Waals surface area contributed by atoms with Crippen LogP contribution in [0.1, 0.15) is 17.3 Å². The first-order chi connectivity index (χ1) is 6.19. The fraction of sp³-hybridized carbons (Fsp3) is 0.200. The van der Waals surface area contributed by atoms with Crippen molar-refractivity contribution in [2.45, 2.75) is 6.92 Å². The van der Waals surface area contributed by atoms with Crippen molar-refractivity contribution in [2.75, 3.05) is 7.05 Å². The summed E-state index contributed by atoms with van der Waals surface area (Å²) in [5.74, 6) is 0.0400. The minimum atomic E-state index is 0.0400. The Bertz CT molecular complexity index is 402. The van der Waals surface area contributed by atoms with Gasteiger partial charge in [0, 0.05) is 25.0 Å². The number of ketones is 1. The molecule has 0 fully saturated rings. The largest absolute Gasteiger partial charge is 0.309 e. The molecule has 13 heavy (non-hydrogen) atoms. The predicted molar refractivity (Wildman–Crippen MR) is 52.3 cm³/mol. The van der Waals surface area contributed by atoms with Crippen LogP contribution in [0.15, 0.2) is 29.9 Å². The maximum Gasteiger partial charge on any atom is 0.161 e. The standard InChI is InChI=1S/C10H12N2O/c1-4-12-7-9(8(2)13)5-6-10(12)11-3/h4-7H,1H2,2-3H3. The lowest BCUT2D eigenvalue weighted by Crippen LogP contribution is -2.16. The molecule has 0 N–H and O–H groups in total. The number of pyridine rings is 1. The molecule has 0 saturated carbocycles. The summed E-state index contributed by atoms with van der Waals surface area (Å²) in [6.07, 6.45) is 3.34. The molecule has 68 valence electrons. The van der Waals surface area contributed by atoms with Crippen molar-refractivity contribution in [1.29, 1.82) is 0 Å². The van der Waals surface area contributed by atoms with Crippen LogP contribution in [-0.2, 0) is 0 Å². The molecule has 1 heterocycles. The molecule has 1 aromatic rings. The molecular weight excluding hydrogens is 164 g/mol. The van der Waals surface area contributed by atoms with Gasteiger partial charge in [-0.05, 0) is 19.1 Å². The summed E-state index contributed by atoms with van der Waals surface area (Å²) in [6.45, 7) is 5.16. The molecule has 0 aliphatic carbocycles. The number of Topliss-reactive ketones (excluding diaryl/α,β-unsaturated/α-hetero) is 1. The third-order valence-electron chi connectivity index (χ3n) is 1.79. The van der Waals surface area contributed by atoms with Crippen molar-refractivity contribution < 1.29 is 4.79 Å². The summed E-state index contributed by atoms with van der Waals surface area (Å²) < 4.78 is 1.72. The van der Waals surface area contributed by atoms with Crippen LogP contribution in [0.5, 0.6) is 0 Å². The van der Waals surface area contributed by atoms with Gasteiger partial charge in [-0.25, -0.2) is 0 Å². The average molecular weight is 176 g/mol. The third kappa shape index (κ3) is 1.93. The summed E-state index contributed by atoms with van der Waals surface area (Å²) in [6, 6.07) is 3.54. The molecule has 0 atom stereocenters. The van der Waals surface area contributed by atoms with Gasteiger partial charge in [-0.3, -0.25) is 9.79 Å². The van der Waals surface area contributed by atoms with E-state index < -0.39 is 0 Å². The normalized spacial score (nSPS) is 11.4. The van der Waals surface area contributed by atoms with E-state index in [0.29, 0.717) is 5.56 Å². The van der Waals surface area contributed by atoms with Gasteiger partial charge in [0.1, 0.15) is 5.49 Å². The zero-order chi connectivity index (χ0) is 9.84. The van der Waals surface area contributed by atoms with Crippen molar-refractivity contribution >= 4 is 12.0 Å². The van der Waals surface area contributed by atoms with Crippen LogP contribution in [0.25, 0.3) is 6.20 Å².